The molecule has 5 heteroatoms. The quantitative estimate of drug-likeness (QED) is 0.672. The van der Waals surface area contributed by atoms with Gasteiger partial charge >= 0.3 is 0 Å². The molecule has 2 N–H and O–H groups in total. The maximum absolute atomic E-state index is 4.62. The zero-order valence-corrected chi connectivity index (χ0v) is 14.6. The highest BCUT2D eigenvalue weighted by atomic mass is 15.2. The van der Waals surface area contributed by atoms with Crippen LogP contribution in [-0.4, -0.2) is 21.0 Å². The summed E-state index contributed by atoms with van der Waals surface area (Å²) < 4.78 is 0. The van der Waals surface area contributed by atoms with Gasteiger partial charge in [-0.2, -0.15) is 4.98 Å². The normalized spacial score (nSPS) is 11.8. The van der Waals surface area contributed by atoms with Crippen LogP contribution in [-0.2, 0) is 6.54 Å². The van der Waals surface area contributed by atoms with Crippen molar-refractivity contribution in [2.45, 2.75) is 32.9 Å². The average molecular weight is 333 g/mol. The van der Waals surface area contributed by atoms with E-state index in [-0.39, 0.29) is 0 Å². The Balaban J connectivity index is 1.86. The van der Waals surface area contributed by atoms with Gasteiger partial charge in [0.25, 0.3) is 0 Å². The topological polar surface area (TPSA) is 62.7 Å². The van der Waals surface area contributed by atoms with Gasteiger partial charge in [-0.1, -0.05) is 43.3 Å². The van der Waals surface area contributed by atoms with Gasteiger partial charge in [0.05, 0.1) is 11.4 Å². The highest BCUT2D eigenvalue weighted by Crippen LogP contribution is 2.20. The first kappa shape index (κ1) is 16.9. The van der Waals surface area contributed by atoms with E-state index in [1.54, 1.807) is 6.20 Å². The molecule has 5 nitrogen and oxygen atoms in total. The van der Waals surface area contributed by atoms with Gasteiger partial charge in [0.2, 0.25) is 5.95 Å². The first-order valence-corrected chi connectivity index (χ1v) is 8.59. The van der Waals surface area contributed by atoms with Crippen LogP contribution in [0.3, 0.4) is 0 Å². The van der Waals surface area contributed by atoms with E-state index in [9.17, 15) is 0 Å². The van der Waals surface area contributed by atoms with Crippen molar-refractivity contribution in [1.29, 1.82) is 0 Å². The largest absolute Gasteiger partial charge is 0.366 e. The Kier molecular flexibility index (Phi) is 5.57. The van der Waals surface area contributed by atoms with Crippen LogP contribution in [0.1, 0.15) is 25.8 Å². The van der Waals surface area contributed by atoms with Crippen LogP contribution in [0.25, 0.3) is 11.4 Å². The lowest BCUT2D eigenvalue weighted by atomic mass is 10.2. The second-order valence-corrected chi connectivity index (χ2v) is 5.97. The summed E-state index contributed by atoms with van der Waals surface area (Å²) in [4.78, 5) is 13.6. The third kappa shape index (κ3) is 4.76. The van der Waals surface area contributed by atoms with E-state index in [0.29, 0.717) is 18.5 Å². The Bertz CT molecular complexity index is 790. The van der Waals surface area contributed by atoms with Crippen molar-refractivity contribution in [2.75, 3.05) is 10.6 Å². The van der Waals surface area contributed by atoms with Crippen molar-refractivity contribution < 1.29 is 0 Å². The second-order valence-electron chi connectivity index (χ2n) is 5.97. The highest BCUT2D eigenvalue weighted by molar-refractivity contribution is 5.61. The molecule has 0 amide bonds. The summed E-state index contributed by atoms with van der Waals surface area (Å²) in [6.07, 6.45) is 2.78. The Morgan fingerprint density at radius 2 is 1.76 bits per heavy atom. The van der Waals surface area contributed by atoms with E-state index in [1.807, 2.05) is 42.5 Å². The number of anilines is 2. The molecule has 2 heterocycles. The van der Waals surface area contributed by atoms with Gasteiger partial charge in [0.15, 0.2) is 0 Å². The van der Waals surface area contributed by atoms with Gasteiger partial charge in [-0.25, -0.2) is 4.98 Å². The molecular formula is C20H23N5. The molecule has 0 bridgehead atoms. The molecule has 0 saturated heterocycles. The van der Waals surface area contributed by atoms with Gasteiger partial charge in [-0.05, 0) is 31.0 Å². The lowest BCUT2D eigenvalue weighted by Crippen LogP contribution is -2.16. The minimum absolute atomic E-state index is 0.306. The van der Waals surface area contributed by atoms with Crippen molar-refractivity contribution in [3.8, 4) is 11.4 Å². The molecule has 1 atom stereocenters. The first-order valence-electron chi connectivity index (χ1n) is 8.59. The summed E-state index contributed by atoms with van der Waals surface area (Å²) in [5, 5.41) is 6.73. The van der Waals surface area contributed by atoms with Crippen LogP contribution in [0.2, 0.25) is 0 Å². The van der Waals surface area contributed by atoms with Gasteiger partial charge in [0.1, 0.15) is 5.82 Å². The van der Waals surface area contributed by atoms with E-state index in [4.69, 9.17) is 0 Å². The predicted octanol–water partition coefficient (Wildman–Crippen LogP) is 4.36. The molecule has 0 saturated carbocycles. The van der Waals surface area contributed by atoms with Gasteiger partial charge in [-0.3, -0.25) is 4.98 Å². The molecule has 2 aromatic heterocycles. The number of benzene rings is 1. The van der Waals surface area contributed by atoms with Crippen molar-refractivity contribution in [3.05, 3.63) is 66.4 Å². The molecule has 3 rings (SSSR count). The van der Waals surface area contributed by atoms with Gasteiger partial charge in [0, 0.05) is 24.8 Å². The average Bonchev–Trinajstić information content (AvgIpc) is 2.67. The van der Waals surface area contributed by atoms with Crippen LogP contribution in [0.4, 0.5) is 11.8 Å². The van der Waals surface area contributed by atoms with Crippen LogP contribution >= 0.6 is 0 Å². The highest BCUT2D eigenvalue weighted by Gasteiger charge is 2.09. The lowest BCUT2D eigenvalue weighted by molar-refractivity contribution is 0.753. The number of nitrogens with one attached hydrogen (secondary N) is 2. The Morgan fingerprint density at radius 3 is 2.48 bits per heavy atom. The minimum Gasteiger partial charge on any atom is -0.366 e. The Labute approximate surface area is 148 Å². The van der Waals surface area contributed by atoms with E-state index < -0.39 is 0 Å². The standard InChI is InChI=1S/C20H23N5/c1-3-15(2)23-20-24-18(17-11-7-8-12-21-17)13-19(25-20)22-14-16-9-5-4-6-10-16/h4-13,15H,3,14H2,1-2H3,(H2,22,23,24,25)/t15-/m1/s1. The summed E-state index contributed by atoms with van der Waals surface area (Å²) in [5.41, 5.74) is 2.84. The maximum Gasteiger partial charge on any atom is 0.225 e. The number of nitrogens with zero attached hydrogens (tertiary/aromatic N) is 3. The molecule has 3 aromatic rings. The summed E-state index contributed by atoms with van der Waals surface area (Å²) in [5.74, 6) is 1.40. The van der Waals surface area contributed by atoms with Crippen molar-refractivity contribution in [2.24, 2.45) is 0 Å². The van der Waals surface area contributed by atoms with Gasteiger partial charge in [-0.15, -0.1) is 0 Å². The number of rotatable bonds is 7. The molecule has 0 aliphatic heterocycles. The third-order valence-electron chi connectivity index (χ3n) is 3.96. The minimum atomic E-state index is 0.306. The summed E-state index contributed by atoms with van der Waals surface area (Å²) >= 11 is 0. The van der Waals surface area contributed by atoms with E-state index in [0.717, 1.165) is 23.6 Å². The van der Waals surface area contributed by atoms with Crippen LogP contribution < -0.4 is 10.6 Å². The van der Waals surface area contributed by atoms with Crippen LogP contribution in [0.5, 0.6) is 0 Å². The summed E-state index contributed by atoms with van der Waals surface area (Å²) in [7, 11) is 0. The summed E-state index contributed by atoms with van der Waals surface area (Å²) in [6, 6.07) is 18.3. The number of hydrogen-bond acceptors (Lipinski definition) is 5. The van der Waals surface area contributed by atoms with E-state index in [2.05, 4.69) is 51.6 Å². The first-order chi connectivity index (χ1) is 12.2. The molecule has 128 valence electrons. The summed E-state index contributed by atoms with van der Waals surface area (Å²) in [6.45, 7) is 4.96. The molecule has 0 aliphatic rings. The van der Waals surface area contributed by atoms with Gasteiger partial charge < -0.3 is 10.6 Å². The zero-order chi connectivity index (χ0) is 17.5. The third-order valence-corrected chi connectivity index (χ3v) is 3.96. The Hall–Kier alpha value is -2.95. The monoisotopic (exact) mass is 333 g/mol. The second kappa shape index (κ2) is 8.24. The van der Waals surface area contributed by atoms with E-state index >= 15 is 0 Å². The number of aromatic nitrogens is 3. The fourth-order valence-corrected chi connectivity index (χ4v) is 2.36. The molecule has 1 aromatic carbocycles. The maximum atomic E-state index is 4.62. The fourth-order valence-electron chi connectivity index (χ4n) is 2.36. The van der Waals surface area contributed by atoms with Crippen molar-refractivity contribution in [1.82, 2.24) is 15.0 Å². The fraction of sp³-hybridized carbons (Fsp3) is 0.250. The molecule has 0 spiro atoms. The van der Waals surface area contributed by atoms with Crippen LogP contribution in [0, 0.1) is 0 Å². The molecule has 0 fully saturated rings. The Morgan fingerprint density at radius 1 is 0.960 bits per heavy atom. The molecule has 0 radical (unpaired) electrons. The van der Waals surface area contributed by atoms with Crippen molar-refractivity contribution in [3.63, 3.8) is 0 Å². The smallest absolute Gasteiger partial charge is 0.225 e. The van der Waals surface area contributed by atoms with Crippen LogP contribution in [0.15, 0.2) is 60.8 Å². The van der Waals surface area contributed by atoms with Crippen molar-refractivity contribution >= 4 is 11.8 Å². The number of hydrogen-bond donors (Lipinski definition) is 2. The number of pyridine rings is 1. The predicted molar refractivity (Wildman–Crippen MR) is 102 cm³/mol. The molecule has 25 heavy (non-hydrogen) atoms. The zero-order valence-electron chi connectivity index (χ0n) is 14.6. The molecular weight excluding hydrogens is 310 g/mol. The molecule has 0 aliphatic carbocycles. The lowest BCUT2D eigenvalue weighted by Gasteiger charge is -2.14. The molecule has 0 unspecified atom stereocenters. The van der Waals surface area contributed by atoms with E-state index in [1.165, 1.54) is 5.56 Å². The SMILES string of the molecule is CC[C@@H](C)Nc1nc(NCc2ccccc2)cc(-c2ccccn2)n1.